The Kier molecular flexibility index (Phi) is 2.94. The lowest BCUT2D eigenvalue weighted by Crippen LogP contribution is -2.38. The van der Waals surface area contributed by atoms with Gasteiger partial charge in [-0.2, -0.15) is 0 Å². The lowest BCUT2D eigenvalue weighted by Gasteiger charge is -2.24. The summed E-state index contributed by atoms with van der Waals surface area (Å²) in [6.07, 6.45) is 4.23. The normalized spacial score (nSPS) is 29.9. The van der Waals surface area contributed by atoms with Crippen molar-refractivity contribution in [2.24, 2.45) is 11.7 Å². The molecular formula is C14H17ClN2O. The van der Waals surface area contributed by atoms with Crippen molar-refractivity contribution < 1.29 is 4.79 Å². The maximum Gasteiger partial charge on any atom is 0.222 e. The van der Waals surface area contributed by atoms with Gasteiger partial charge in [0.1, 0.15) is 0 Å². The first kappa shape index (κ1) is 11.8. The zero-order chi connectivity index (χ0) is 12.7. The summed E-state index contributed by atoms with van der Waals surface area (Å²) in [4.78, 5) is 11.6. The Morgan fingerprint density at radius 1 is 1.33 bits per heavy atom. The Morgan fingerprint density at radius 3 is 2.89 bits per heavy atom. The van der Waals surface area contributed by atoms with Gasteiger partial charge in [-0.15, -0.1) is 0 Å². The lowest BCUT2D eigenvalue weighted by molar-refractivity contribution is -0.122. The van der Waals surface area contributed by atoms with Crippen LogP contribution < -0.4 is 11.1 Å². The van der Waals surface area contributed by atoms with Crippen LogP contribution in [0.25, 0.3) is 0 Å². The third-order valence-corrected chi connectivity index (χ3v) is 4.48. The minimum atomic E-state index is -0.182. The van der Waals surface area contributed by atoms with E-state index in [9.17, 15) is 4.79 Å². The second-order valence-electron chi connectivity index (χ2n) is 5.30. The molecule has 0 saturated heterocycles. The molecule has 1 fully saturated rings. The van der Waals surface area contributed by atoms with Crippen molar-refractivity contribution in [3.8, 4) is 0 Å². The summed E-state index contributed by atoms with van der Waals surface area (Å²) in [7, 11) is 0. The molecule has 1 saturated carbocycles. The van der Waals surface area contributed by atoms with E-state index in [1.165, 1.54) is 5.56 Å². The largest absolute Gasteiger partial charge is 0.381 e. The number of hydrogen-bond acceptors (Lipinski definition) is 2. The van der Waals surface area contributed by atoms with E-state index in [0.29, 0.717) is 5.92 Å². The number of halogens is 1. The summed E-state index contributed by atoms with van der Waals surface area (Å²) in [6, 6.07) is 6.07. The third-order valence-electron chi connectivity index (χ3n) is 4.25. The van der Waals surface area contributed by atoms with E-state index < -0.39 is 0 Å². The predicted molar refractivity (Wildman–Crippen MR) is 72.8 cm³/mol. The van der Waals surface area contributed by atoms with Crippen LogP contribution in [0.15, 0.2) is 18.2 Å². The first-order chi connectivity index (χ1) is 8.66. The van der Waals surface area contributed by atoms with Crippen molar-refractivity contribution in [3.63, 3.8) is 0 Å². The van der Waals surface area contributed by atoms with Gasteiger partial charge in [-0.3, -0.25) is 4.79 Å². The van der Waals surface area contributed by atoms with Gasteiger partial charge in [0.15, 0.2) is 0 Å². The standard InChI is InChI=1S/C14H17ClN2O/c15-8-5-6-12-11(7-8)9-3-1-2-4-10(14(16)18)13(9)17-12/h5-7,9-10,13,17H,1-4H2,(H2,16,18). The monoisotopic (exact) mass is 264 g/mol. The van der Waals surface area contributed by atoms with E-state index >= 15 is 0 Å². The van der Waals surface area contributed by atoms with Crippen LogP contribution in [0.3, 0.4) is 0 Å². The summed E-state index contributed by atoms with van der Waals surface area (Å²) in [5.41, 5.74) is 7.92. The maximum atomic E-state index is 11.6. The first-order valence-corrected chi connectivity index (χ1v) is 6.90. The Balaban J connectivity index is 1.99. The van der Waals surface area contributed by atoms with E-state index in [1.807, 2.05) is 18.2 Å². The van der Waals surface area contributed by atoms with Gasteiger partial charge in [-0.05, 0) is 36.6 Å². The summed E-state index contributed by atoms with van der Waals surface area (Å²) >= 11 is 6.07. The number of anilines is 1. The van der Waals surface area contributed by atoms with Crippen molar-refractivity contribution in [1.82, 2.24) is 0 Å². The van der Waals surface area contributed by atoms with Gasteiger partial charge in [0, 0.05) is 22.7 Å². The average molecular weight is 265 g/mol. The van der Waals surface area contributed by atoms with Gasteiger partial charge in [0.25, 0.3) is 0 Å². The summed E-state index contributed by atoms with van der Waals surface area (Å²) in [5, 5.41) is 4.24. The minimum Gasteiger partial charge on any atom is -0.381 e. The highest BCUT2D eigenvalue weighted by Gasteiger charge is 2.40. The second-order valence-corrected chi connectivity index (χ2v) is 5.74. The molecule has 0 aromatic heterocycles. The molecule has 1 aliphatic heterocycles. The highest BCUT2D eigenvalue weighted by Crippen LogP contribution is 2.45. The third kappa shape index (κ3) is 1.87. The summed E-state index contributed by atoms with van der Waals surface area (Å²) < 4.78 is 0. The van der Waals surface area contributed by atoms with Crippen molar-refractivity contribution in [2.75, 3.05) is 5.32 Å². The van der Waals surface area contributed by atoms with Gasteiger partial charge < -0.3 is 11.1 Å². The van der Waals surface area contributed by atoms with Gasteiger partial charge >= 0.3 is 0 Å². The average Bonchev–Trinajstić information content (AvgIpc) is 2.55. The SMILES string of the molecule is NC(=O)C1CCCCC2c3cc(Cl)ccc3NC12. The Morgan fingerprint density at radius 2 is 2.11 bits per heavy atom. The van der Waals surface area contributed by atoms with E-state index in [2.05, 4.69) is 5.32 Å². The quantitative estimate of drug-likeness (QED) is 0.819. The van der Waals surface area contributed by atoms with Crippen molar-refractivity contribution >= 4 is 23.2 Å². The number of fused-ring (bicyclic) bond motifs is 3. The van der Waals surface area contributed by atoms with Crippen LogP contribution >= 0.6 is 11.6 Å². The van der Waals surface area contributed by atoms with Gasteiger partial charge in [-0.1, -0.05) is 24.4 Å². The molecule has 3 nitrogen and oxygen atoms in total. The van der Waals surface area contributed by atoms with Crippen molar-refractivity contribution in [1.29, 1.82) is 0 Å². The molecule has 1 amide bonds. The zero-order valence-corrected chi connectivity index (χ0v) is 10.9. The van der Waals surface area contributed by atoms with Crippen molar-refractivity contribution in [3.05, 3.63) is 28.8 Å². The number of carbonyl (C=O) groups is 1. The van der Waals surface area contributed by atoms with Crippen LogP contribution in [0.4, 0.5) is 5.69 Å². The summed E-state index contributed by atoms with van der Waals surface area (Å²) in [6.45, 7) is 0. The molecule has 2 aliphatic rings. The van der Waals surface area contributed by atoms with Crippen LogP contribution in [0.1, 0.15) is 37.2 Å². The molecule has 3 atom stereocenters. The number of benzene rings is 1. The fourth-order valence-corrected chi connectivity index (χ4v) is 3.57. The molecule has 96 valence electrons. The number of nitrogens with one attached hydrogen (secondary N) is 1. The molecule has 1 aromatic carbocycles. The molecule has 3 N–H and O–H groups in total. The smallest absolute Gasteiger partial charge is 0.222 e. The number of hydrogen-bond donors (Lipinski definition) is 2. The molecule has 4 heteroatoms. The summed E-state index contributed by atoms with van der Waals surface area (Å²) in [5.74, 6) is 0.126. The molecule has 18 heavy (non-hydrogen) atoms. The van der Waals surface area contributed by atoms with Crippen LogP contribution in [-0.2, 0) is 4.79 Å². The Bertz CT molecular complexity index is 489. The van der Waals surface area contributed by atoms with E-state index in [-0.39, 0.29) is 17.9 Å². The van der Waals surface area contributed by atoms with E-state index in [4.69, 9.17) is 17.3 Å². The minimum absolute atomic E-state index is 0.0660. The molecule has 0 bridgehead atoms. The van der Waals surface area contributed by atoms with Gasteiger partial charge in [0.2, 0.25) is 5.91 Å². The predicted octanol–water partition coefficient (Wildman–Crippen LogP) is 2.89. The number of primary amides is 1. The molecule has 3 unspecified atom stereocenters. The van der Waals surface area contributed by atoms with E-state index in [1.54, 1.807) is 0 Å². The van der Waals surface area contributed by atoms with Gasteiger partial charge in [0.05, 0.1) is 5.92 Å². The van der Waals surface area contributed by atoms with Crippen LogP contribution in [0.5, 0.6) is 0 Å². The van der Waals surface area contributed by atoms with Crippen LogP contribution in [-0.4, -0.2) is 11.9 Å². The Labute approximate surface area is 112 Å². The maximum absolute atomic E-state index is 11.6. The zero-order valence-electron chi connectivity index (χ0n) is 10.2. The number of carbonyl (C=O) groups excluding carboxylic acids is 1. The van der Waals surface area contributed by atoms with Crippen LogP contribution in [0.2, 0.25) is 5.02 Å². The molecular weight excluding hydrogens is 248 g/mol. The topological polar surface area (TPSA) is 55.1 Å². The molecule has 0 radical (unpaired) electrons. The lowest BCUT2D eigenvalue weighted by atomic mass is 9.85. The second kappa shape index (κ2) is 4.47. The Hall–Kier alpha value is -1.22. The highest BCUT2D eigenvalue weighted by atomic mass is 35.5. The molecule has 1 heterocycles. The van der Waals surface area contributed by atoms with Gasteiger partial charge in [-0.25, -0.2) is 0 Å². The molecule has 3 rings (SSSR count). The molecule has 1 aromatic rings. The molecule has 0 spiro atoms. The van der Waals surface area contributed by atoms with E-state index in [0.717, 1.165) is 36.4 Å². The number of nitrogens with two attached hydrogens (primary N) is 1. The first-order valence-electron chi connectivity index (χ1n) is 6.52. The number of amides is 1. The highest BCUT2D eigenvalue weighted by molar-refractivity contribution is 6.30. The fraction of sp³-hybridized carbons (Fsp3) is 0.500. The van der Waals surface area contributed by atoms with Crippen molar-refractivity contribution in [2.45, 2.75) is 37.6 Å². The van der Waals surface area contributed by atoms with Crippen LogP contribution in [0, 0.1) is 5.92 Å². The molecule has 1 aliphatic carbocycles. The number of rotatable bonds is 1. The fourth-order valence-electron chi connectivity index (χ4n) is 3.39.